The maximum absolute atomic E-state index is 13.1. The van der Waals surface area contributed by atoms with Gasteiger partial charge in [0, 0.05) is 12.5 Å². The molecule has 0 spiro atoms. The minimum Gasteiger partial charge on any atom is -0.507 e. The first-order valence-corrected chi connectivity index (χ1v) is 12.6. The van der Waals surface area contributed by atoms with Gasteiger partial charge in [-0.1, -0.05) is 54.0 Å². The number of allylic oxidation sites excluding steroid dienone is 2. The summed E-state index contributed by atoms with van der Waals surface area (Å²) in [5.74, 6) is 0.497. The molecule has 2 unspecified atom stereocenters. The summed E-state index contributed by atoms with van der Waals surface area (Å²) >= 11 is 0. The van der Waals surface area contributed by atoms with Crippen molar-refractivity contribution in [3.8, 4) is 5.75 Å². The number of carbonyl (C=O) groups excluding carboxylic acids is 1. The second-order valence-corrected chi connectivity index (χ2v) is 9.19. The van der Waals surface area contributed by atoms with Crippen LogP contribution >= 0.6 is 0 Å². The number of amides is 1. The molecule has 0 saturated heterocycles. The second-order valence-electron chi connectivity index (χ2n) is 9.19. The third kappa shape index (κ3) is 6.27. The SMILES string of the molecule is C=C(CCC)[N+]1=C(c2cc(N(O)NC(CC)CCCC)ccc2O)NC(=O)/C1=C(\C)C(C)CC. The number of carbonyl (C=O) groups is 1. The highest BCUT2D eigenvalue weighted by atomic mass is 16.5. The molecule has 7 nitrogen and oxygen atoms in total. The number of nitrogens with one attached hydrogen (secondary N) is 2. The monoisotopic (exact) mass is 471 g/mol. The molecule has 0 radical (unpaired) electrons. The standard InChI is InChI=1S/C27H42N4O3/c1-8-12-14-21(11-4)29-31(34)22-15-16-24(32)23(17-22)26-28-27(33)25(20(7)18(5)10-3)30(26)19(6)13-9-2/h15-18,21,29,34H,6,8-14H2,1-5,7H3,(H,28,32,33)/p+1/b25-20-. The van der Waals surface area contributed by atoms with Gasteiger partial charge in [-0.3, -0.25) is 5.21 Å². The zero-order chi connectivity index (χ0) is 25.4. The van der Waals surface area contributed by atoms with E-state index in [0.29, 0.717) is 29.2 Å². The lowest BCUT2D eigenvalue weighted by Crippen LogP contribution is -2.42. The summed E-state index contributed by atoms with van der Waals surface area (Å²) in [6.45, 7) is 16.7. The van der Waals surface area contributed by atoms with E-state index in [4.69, 9.17) is 0 Å². The number of hydrazine groups is 1. The fourth-order valence-electron chi connectivity index (χ4n) is 4.14. The topological polar surface area (TPSA) is 87.8 Å². The number of phenols is 1. The summed E-state index contributed by atoms with van der Waals surface area (Å²) in [5, 5.41) is 25.5. The van der Waals surface area contributed by atoms with Gasteiger partial charge in [0.1, 0.15) is 17.0 Å². The molecule has 4 N–H and O–H groups in total. The molecule has 0 aliphatic carbocycles. The fraction of sp³-hybridized carbons (Fsp3) is 0.556. The number of phenolic OH excluding ortho intramolecular Hbond substituents is 1. The molecule has 188 valence electrons. The molecule has 7 heteroatoms. The summed E-state index contributed by atoms with van der Waals surface area (Å²) in [5.41, 5.74) is 6.37. The zero-order valence-corrected chi connectivity index (χ0v) is 21.7. The molecule has 0 saturated carbocycles. The van der Waals surface area contributed by atoms with Crippen LogP contribution in [-0.4, -0.2) is 32.7 Å². The number of hydrogen-bond donors (Lipinski definition) is 4. The van der Waals surface area contributed by atoms with Crippen LogP contribution in [-0.2, 0) is 4.79 Å². The molecule has 0 fully saturated rings. The largest absolute Gasteiger partial charge is 0.507 e. The van der Waals surface area contributed by atoms with Crippen LogP contribution in [0.3, 0.4) is 0 Å². The second kappa shape index (κ2) is 12.7. The lowest BCUT2D eigenvalue weighted by Gasteiger charge is -2.25. The summed E-state index contributed by atoms with van der Waals surface area (Å²) in [6.07, 6.45) is 6.49. The van der Waals surface area contributed by atoms with Gasteiger partial charge in [0.25, 0.3) is 5.84 Å². The average Bonchev–Trinajstić information content (AvgIpc) is 3.17. The van der Waals surface area contributed by atoms with E-state index in [0.717, 1.165) is 55.0 Å². The Balaban J connectivity index is 2.57. The van der Waals surface area contributed by atoms with E-state index >= 15 is 0 Å². The Morgan fingerprint density at radius 3 is 2.50 bits per heavy atom. The minimum atomic E-state index is -0.209. The van der Waals surface area contributed by atoms with E-state index in [1.54, 1.807) is 12.1 Å². The first-order chi connectivity index (χ1) is 16.2. The predicted molar refractivity (Wildman–Crippen MR) is 138 cm³/mol. The maximum Gasteiger partial charge on any atom is 0.379 e. The molecule has 1 amide bonds. The molecule has 2 atom stereocenters. The Labute approximate surface area is 204 Å². The Morgan fingerprint density at radius 1 is 1.21 bits per heavy atom. The quantitative estimate of drug-likeness (QED) is 0.171. The molecule has 1 aliphatic heterocycles. The minimum absolute atomic E-state index is 0.0159. The zero-order valence-electron chi connectivity index (χ0n) is 21.7. The van der Waals surface area contributed by atoms with Crippen molar-refractivity contribution < 1.29 is 19.7 Å². The summed E-state index contributed by atoms with van der Waals surface area (Å²) in [4.78, 5) is 13.1. The molecule has 34 heavy (non-hydrogen) atoms. The van der Waals surface area contributed by atoms with E-state index in [1.807, 2.05) is 11.5 Å². The van der Waals surface area contributed by atoms with Crippen molar-refractivity contribution in [2.75, 3.05) is 5.17 Å². The third-order valence-corrected chi connectivity index (χ3v) is 6.66. The lowest BCUT2D eigenvalue weighted by atomic mass is 9.97. The molecule has 2 rings (SSSR count). The highest BCUT2D eigenvalue weighted by Crippen LogP contribution is 2.30. The van der Waals surface area contributed by atoms with Crippen LogP contribution in [0.2, 0.25) is 0 Å². The van der Waals surface area contributed by atoms with Gasteiger partial charge in [-0.25, -0.2) is 15.5 Å². The van der Waals surface area contributed by atoms with Crippen molar-refractivity contribution in [1.82, 2.24) is 10.7 Å². The van der Waals surface area contributed by atoms with Crippen LogP contribution in [0.15, 0.2) is 41.7 Å². The molecule has 1 aromatic carbocycles. The van der Waals surface area contributed by atoms with Gasteiger partial charge in [0.05, 0.1) is 5.69 Å². The Hall–Kier alpha value is -2.64. The first kappa shape index (κ1) is 27.6. The Morgan fingerprint density at radius 2 is 1.91 bits per heavy atom. The van der Waals surface area contributed by atoms with Crippen LogP contribution < -0.4 is 15.9 Å². The molecular formula is C27H43N4O3+. The highest BCUT2D eigenvalue weighted by molar-refractivity contribution is 6.15. The molecule has 0 bridgehead atoms. The van der Waals surface area contributed by atoms with E-state index in [9.17, 15) is 15.1 Å². The number of aromatic hydroxyl groups is 1. The van der Waals surface area contributed by atoms with Crippen molar-refractivity contribution in [2.45, 2.75) is 92.5 Å². The Bertz CT molecular complexity index is 951. The molecule has 1 aliphatic rings. The number of unbranched alkanes of at least 4 members (excludes halogenated alkanes) is 1. The van der Waals surface area contributed by atoms with Gasteiger partial charge in [0.2, 0.25) is 5.70 Å². The van der Waals surface area contributed by atoms with Crippen molar-refractivity contribution in [3.05, 3.63) is 47.3 Å². The lowest BCUT2D eigenvalue weighted by molar-refractivity contribution is -0.415. The number of rotatable bonds is 13. The van der Waals surface area contributed by atoms with Gasteiger partial charge >= 0.3 is 5.91 Å². The predicted octanol–water partition coefficient (Wildman–Crippen LogP) is 5.58. The summed E-state index contributed by atoms with van der Waals surface area (Å²) < 4.78 is 1.84. The van der Waals surface area contributed by atoms with E-state index in [2.05, 4.69) is 51.9 Å². The smallest absolute Gasteiger partial charge is 0.379 e. The van der Waals surface area contributed by atoms with Crippen molar-refractivity contribution in [2.24, 2.45) is 5.92 Å². The average molecular weight is 472 g/mol. The normalized spacial score (nSPS) is 17.0. The van der Waals surface area contributed by atoms with Crippen molar-refractivity contribution >= 4 is 17.4 Å². The van der Waals surface area contributed by atoms with Crippen LogP contribution in [0.4, 0.5) is 5.69 Å². The third-order valence-electron chi connectivity index (χ3n) is 6.66. The van der Waals surface area contributed by atoms with Gasteiger partial charge in [-0.15, -0.1) is 0 Å². The van der Waals surface area contributed by atoms with Crippen LogP contribution in [0.25, 0.3) is 0 Å². The number of anilines is 1. The summed E-state index contributed by atoms with van der Waals surface area (Å²) in [6, 6.07) is 4.99. The van der Waals surface area contributed by atoms with Gasteiger partial charge in [-0.2, -0.15) is 9.75 Å². The molecular weight excluding hydrogens is 428 g/mol. The molecule has 0 aromatic heterocycles. The van der Waals surface area contributed by atoms with Crippen molar-refractivity contribution in [1.29, 1.82) is 0 Å². The molecule has 1 heterocycles. The maximum atomic E-state index is 13.1. The van der Waals surface area contributed by atoms with E-state index in [1.165, 1.54) is 6.07 Å². The number of benzene rings is 1. The van der Waals surface area contributed by atoms with Crippen LogP contribution in [0.1, 0.15) is 92.1 Å². The van der Waals surface area contributed by atoms with Gasteiger partial charge < -0.3 is 5.11 Å². The van der Waals surface area contributed by atoms with Gasteiger partial charge in [-0.05, 0) is 62.3 Å². The number of hydrogen-bond acceptors (Lipinski definition) is 5. The van der Waals surface area contributed by atoms with Crippen LogP contribution in [0, 0.1) is 5.92 Å². The molecule has 1 aromatic rings. The van der Waals surface area contributed by atoms with Crippen LogP contribution in [0.5, 0.6) is 5.75 Å². The Kier molecular flexibility index (Phi) is 10.3. The number of nitrogens with zero attached hydrogens (tertiary/aromatic N) is 2. The number of amidine groups is 1. The first-order valence-electron chi connectivity index (χ1n) is 12.6. The fourth-order valence-corrected chi connectivity index (χ4v) is 4.14. The summed E-state index contributed by atoms with van der Waals surface area (Å²) in [7, 11) is 0. The van der Waals surface area contributed by atoms with E-state index in [-0.39, 0.29) is 23.6 Å². The van der Waals surface area contributed by atoms with Crippen molar-refractivity contribution in [3.63, 3.8) is 0 Å². The highest BCUT2D eigenvalue weighted by Gasteiger charge is 2.41. The van der Waals surface area contributed by atoms with Gasteiger partial charge in [0.15, 0.2) is 0 Å². The van der Waals surface area contributed by atoms with E-state index < -0.39 is 0 Å².